The lowest BCUT2D eigenvalue weighted by Gasteiger charge is -2.39. The lowest BCUT2D eigenvalue weighted by molar-refractivity contribution is -0.145. The van der Waals surface area contributed by atoms with Crippen LogP contribution in [0.5, 0.6) is 0 Å². The Morgan fingerprint density at radius 2 is 2.04 bits per heavy atom. The van der Waals surface area contributed by atoms with Crippen molar-refractivity contribution in [1.82, 2.24) is 4.90 Å². The highest BCUT2D eigenvalue weighted by Crippen LogP contribution is 2.34. The molecule has 0 bridgehead atoms. The van der Waals surface area contributed by atoms with Crippen LogP contribution in [-0.2, 0) is 9.53 Å². The van der Waals surface area contributed by atoms with Gasteiger partial charge in [0.1, 0.15) is 17.5 Å². The molecule has 1 aliphatic heterocycles. The van der Waals surface area contributed by atoms with Crippen LogP contribution in [0.2, 0.25) is 0 Å². The lowest BCUT2D eigenvalue weighted by atomic mass is 9.83. The highest BCUT2D eigenvalue weighted by molar-refractivity contribution is 5.81. The van der Waals surface area contributed by atoms with Crippen molar-refractivity contribution in [2.45, 2.75) is 51.2 Å². The van der Waals surface area contributed by atoms with Crippen LogP contribution < -0.4 is 0 Å². The van der Waals surface area contributed by atoms with Crippen LogP contribution in [0.15, 0.2) is 24.3 Å². The third-order valence-corrected chi connectivity index (χ3v) is 3.79. The van der Waals surface area contributed by atoms with Gasteiger partial charge in [-0.3, -0.25) is 4.90 Å². The fourth-order valence-electron chi connectivity index (χ4n) is 2.91. The average molecular weight is 323 g/mol. The zero-order valence-corrected chi connectivity index (χ0v) is 13.6. The highest BCUT2D eigenvalue weighted by atomic mass is 19.1. The second-order valence-electron chi connectivity index (χ2n) is 6.76. The summed E-state index contributed by atoms with van der Waals surface area (Å²) in [5, 5.41) is 9.61. The van der Waals surface area contributed by atoms with E-state index < -0.39 is 35.4 Å². The lowest BCUT2D eigenvalue weighted by Crippen LogP contribution is -2.53. The van der Waals surface area contributed by atoms with E-state index in [1.54, 1.807) is 32.9 Å². The Hall–Kier alpha value is -2.11. The zero-order valence-electron chi connectivity index (χ0n) is 13.6. The van der Waals surface area contributed by atoms with E-state index in [4.69, 9.17) is 4.74 Å². The third-order valence-electron chi connectivity index (χ3n) is 3.79. The number of carbonyl (C=O) groups excluding carboxylic acids is 1. The van der Waals surface area contributed by atoms with Gasteiger partial charge in [-0.1, -0.05) is 12.1 Å². The molecule has 1 saturated heterocycles. The summed E-state index contributed by atoms with van der Waals surface area (Å²) < 4.78 is 18.8. The standard InChI is InChI=1S/C17H22FNO4/c1-17(2,3)23-16(22)19-9-5-8-13(14(19)15(20)21)11-6-4-7-12(18)10-11/h4,6-7,10,13-14H,5,8-9H2,1-3H3,(H,20,21). The SMILES string of the molecule is CC(C)(C)OC(=O)N1CCCC(c2cccc(F)c2)C1C(=O)O. The average Bonchev–Trinajstić information content (AvgIpc) is 2.44. The maximum atomic E-state index is 13.5. The Balaban J connectivity index is 2.30. The van der Waals surface area contributed by atoms with Gasteiger partial charge >= 0.3 is 12.1 Å². The summed E-state index contributed by atoms with van der Waals surface area (Å²) in [5.41, 5.74) is -0.114. The number of rotatable bonds is 2. The Kier molecular flexibility index (Phi) is 4.92. The van der Waals surface area contributed by atoms with E-state index in [0.29, 0.717) is 24.9 Å². The Labute approximate surface area is 135 Å². The van der Waals surface area contributed by atoms with E-state index in [9.17, 15) is 19.1 Å². The van der Waals surface area contributed by atoms with Gasteiger partial charge in [-0.2, -0.15) is 0 Å². The summed E-state index contributed by atoms with van der Waals surface area (Å²) in [5.74, 6) is -1.98. The first-order valence-electron chi connectivity index (χ1n) is 7.67. The molecule has 0 spiro atoms. The predicted molar refractivity (Wildman–Crippen MR) is 82.7 cm³/mol. The molecular formula is C17H22FNO4. The number of piperidine rings is 1. The van der Waals surface area contributed by atoms with Gasteiger partial charge in [0.25, 0.3) is 0 Å². The van der Waals surface area contributed by atoms with E-state index >= 15 is 0 Å². The van der Waals surface area contributed by atoms with Gasteiger partial charge in [0, 0.05) is 12.5 Å². The molecule has 1 fully saturated rings. The molecule has 1 heterocycles. The van der Waals surface area contributed by atoms with Crippen molar-refractivity contribution in [3.8, 4) is 0 Å². The van der Waals surface area contributed by atoms with Crippen LogP contribution in [0.3, 0.4) is 0 Å². The van der Waals surface area contributed by atoms with Gasteiger partial charge in [0.15, 0.2) is 0 Å². The minimum Gasteiger partial charge on any atom is -0.480 e. The van der Waals surface area contributed by atoms with E-state index in [2.05, 4.69) is 0 Å². The Bertz CT molecular complexity index is 597. The molecule has 23 heavy (non-hydrogen) atoms. The molecule has 0 aliphatic carbocycles. The molecule has 1 N–H and O–H groups in total. The molecule has 2 unspecified atom stereocenters. The molecule has 2 atom stereocenters. The number of hydrogen-bond acceptors (Lipinski definition) is 3. The quantitative estimate of drug-likeness (QED) is 0.906. The van der Waals surface area contributed by atoms with Crippen molar-refractivity contribution >= 4 is 12.1 Å². The Morgan fingerprint density at radius 1 is 1.35 bits per heavy atom. The van der Waals surface area contributed by atoms with Gasteiger partial charge in [0.2, 0.25) is 0 Å². The summed E-state index contributed by atoms with van der Waals surface area (Å²) in [6.45, 7) is 5.51. The maximum Gasteiger partial charge on any atom is 0.411 e. The molecule has 0 radical (unpaired) electrons. The number of halogens is 1. The van der Waals surface area contributed by atoms with Crippen LogP contribution in [0, 0.1) is 5.82 Å². The minimum atomic E-state index is -1.11. The number of hydrogen-bond donors (Lipinski definition) is 1. The van der Waals surface area contributed by atoms with Gasteiger partial charge in [-0.05, 0) is 51.3 Å². The summed E-state index contributed by atoms with van der Waals surface area (Å²) in [6.07, 6.45) is 0.579. The van der Waals surface area contributed by atoms with Gasteiger partial charge < -0.3 is 9.84 Å². The first kappa shape index (κ1) is 17.2. The van der Waals surface area contributed by atoms with E-state index in [1.807, 2.05) is 0 Å². The summed E-state index contributed by atoms with van der Waals surface area (Å²) in [6, 6.07) is 4.84. The molecule has 1 amide bonds. The number of benzene rings is 1. The fraction of sp³-hybridized carbons (Fsp3) is 0.529. The molecule has 1 aliphatic rings. The van der Waals surface area contributed by atoms with E-state index in [-0.39, 0.29) is 0 Å². The predicted octanol–water partition coefficient (Wildman–Crippen LogP) is 3.39. The molecule has 2 rings (SSSR count). The first-order chi connectivity index (χ1) is 10.7. The second-order valence-corrected chi connectivity index (χ2v) is 6.76. The minimum absolute atomic E-state index is 0.317. The number of carbonyl (C=O) groups is 2. The molecule has 6 heteroatoms. The number of carboxylic acid groups (broad SMARTS) is 1. The number of nitrogens with zero attached hydrogens (tertiary/aromatic N) is 1. The van der Waals surface area contributed by atoms with Crippen LogP contribution in [-0.4, -0.2) is 40.3 Å². The van der Waals surface area contributed by atoms with Crippen LogP contribution in [0.25, 0.3) is 0 Å². The topological polar surface area (TPSA) is 66.8 Å². The number of aliphatic carboxylic acids is 1. The van der Waals surface area contributed by atoms with Gasteiger partial charge in [-0.25, -0.2) is 14.0 Å². The van der Waals surface area contributed by atoms with Crippen molar-refractivity contribution < 1.29 is 23.8 Å². The normalized spacial score (nSPS) is 21.8. The molecule has 5 nitrogen and oxygen atoms in total. The maximum absolute atomic E-state index is 13.5. The summed E-state index contributed by atoms with van der Waals surface area (Å²) in [4.78, 5) is 25.3. The molecule has 0 saturated carbocycles. The molecule has 0 aromatic heterocycles. The summed E-state index contributed by atoms with van der Waals surface area (Å²) in [7, 11) is 0. The highest BCUT2D eigenvalue weighted by Gasteiger charge is 2.41. The third kappa shape index (κ3) is 4.21. The van der Waals surface area contributed by atoms with Gasteiger partial charge in [-0.15, -0.1) is 0 Å². The van der Waals surface area contributed by atoms with E-state index in [1.165, 1.54) is 17.0 Å². The molecule has 1 aromatic rings. The van der Waals surface area contributed by atoms with Crippen molar-refractivity contribution in [2.24, 2.45) is 0 Å². The first-order valence-corrected chi connectivity index (χ1v) is 7.67. The molecule has 1 aromatic carbocycles. The number of amides is 1. The number of carboxylic acids is 1. The second kappa shape index (κ2) is 6.56. The van der Waals surface area contributed by atoms with Crippen LogP contribution >= 0.6 is 0 Å². The largest absolute Gasteiger partial charge is 0.480 e. The van der Waals surface area contributed by atoms with Crippen molar-refractivity contribution in [2.75, 3.05) is 6.54 Å². The Morgan fingerprint density at radius 3 is 2.61 bits per heavy atom. The molecule has 126 valence electrons. The van der Waals surface area contributed by atoms with E-state index in [0.717, 1.165) is 0 Å². The van der Waals surface area contributed by atoms with Crippen LogP contribution in [0.4, 0.5) is 9.18 Å². The van der Waals surface area contributed by atoms with Crippen molar-refractivity contribution in [1.29, 1.82) is 0 Å². The molecular weight excluding hydrogens is 301 g/mol. The van der Waals surface area contributed by atoms with Gasteiger partial charge in [0.05, 0.1) is 0 Å². The van der Waals surface area contributed by atoms with Crippen molar-refractivity contribution in [3.63, 3.8) is 0 Å². The zero-order chi connectivity index (χ0) is 17.2. The number of likely N-dealkylation sites (tertiary alicyclic amines) is 1. The monoisotopic (exact) mass is 323 g/mol. The van der Waals surface area contributed by atoms with Crippen molar-refractivity contribution in [3.05, 3.63) is 35.6 Å². The fourth-order valence-corrected chi connectivity index (χ4v) is 2.91. The number of ether oxygens (including phenoxy) is 1. The summed E-state index contributed by atoms with van der Waals surface area (Å²) >= 11 is 0. The van der Waals surface area contributed by atoms with Crippen LogP contribution in [0.1, 0.15) is 45.1 Å². The smallest absolute Gasteiger partial charge is 0.411 e.